The summed E-state index contributed by atoms with van der Waals surface area (Å²) in [5.41, 5.74) is 2.65. The first-order valence-electron chi connectivity index (χ1n) is 9.18. The molecule has 0 radical (unpaired) electrons. The Balaban J connectivity index is 1.78. The molecule has 1 amide bonds. The summed E-state index contributed by atoms with van der Waals surface area (Å²) in [5.74, 6) is 1.67. The van der Waals surface area contributed by atoms with Gasteiger partial charge in [-0.15, -0.1) is 0 Å². The lowest BCUT2D eigenvalue weighted by atomic mass is 9.94. The predicted molar refractivity (Wildman–Crippen MR) is 117 cm³/mol. The minimum atomic E-state index is -0.519. The second kappa shape index (κ2) is 8.19. The van der Waals surface area contributed by atoms with E-state index in [4.69, 9.17) is 9.47 Å². The molecule has 2 heterocycles. The number of rotatable bonds is 5. The number of benzene rings is 2. The molecule has 0 bridgehead atoms. The molecule has 0 saturated heterocycles. The summed E-state index contributed by atoms with van der Waals surface area (Å²) in [6.45, 7) is 1.85. The molecule has 1 atom stereocenters. The first kappa shape index (κ1) is 20.0. The molecule has 1 aliphatic rings. The molecular formula is C21H20BrN5O3. The number of nitrogens with one attached hydrogen (secondary N) is 2. The van der Waals surface area contributed by atoms with Crippen LogP contribution >= 0.6 is 15.9 Å². The van der Waals surface area contributed by atoms with Gasteiger partial charge >= 0.3 is 0 Å². The molecule has 0 fully saturated rings. The van der Waals surface area contributed by atoms with Crippen LogP contribution in [0.4, 0.5) is 11.6 Å². The molecule has 3 aromatic rings. The summed E-state index contributed by atoms with van der Waals surface area (Å²) < 4.78 is 13.3. The van der Waals surface area contributed by atoms with Crippen molar-refractivity contribution in [1.82, 2.24) is 14.8 Å². The summed E-state index contributed by atoms with van der Waals surface area (Å²) in [6, 6.07) is 12.3. The van der Waals surface area contributed by atoms with Crippen molar-refractivity contribution in [3.8, 4) is 11.5 Å². The first-order valence-corrected chi connectivity index (χ1v) is 9.97. The number of carbonyl (C=O) groups excluding carboxylic acids is 1. The highest BCUT2D eigenvalue weighted by atomic mass is 79.9. The second-order valence-corrected chi connectivity index (χ2v) is 7.58. The van der Waals surface area contributed by atoms with Gasteiger partial charge in [-0.25, -0.2) is 4.68 Å². The van der Waals surface area contributed by atoms with Crippen LogP contribution in [0.2, 0.25) is 0 Å². The number of fused-ring (bicyclic) bond motifs is 1. The van der Waals surface area contributed by atoms with Crippen LogP contribution in [0.25, 0.3) is 0 Å². The average molecular weight is 470 g/mol. The van der Waals surface area contributed by atoms with Crippen LogP contribution in [-0.2, 0) is 4.79 Å². The molecule has 0 unspecified atom stereocenters. The minimum absolute atomic E-state index is 0.252. The molecule has 1 aromatic heterocycles. The molecule has 8 nitrogen and oxygen atoms in total. The van der Waals surface area contributed by atoms with Gasteiger partial charge in [0.25, 0.3) is 5.91 Å². The summed E-state index contributed by atoms with van der Waals surface area (Å²) in [7, 11) is 3.20. The van der Waals surface area contributed by atoms with Crippen LogP contribution in [0, 0.1) is 0 Å². The van der Waals surface area contributed by atoms with Crippen LogP contribution < -0.4 is 20.1 Å². The Morgan fingerprint density at radius 1 is 1.17 bits per heavy atom. The minimum Gasteiger partial charge on any atom is -0.497 e. The Labute approximate surface area is 182 Å². The van der Waals surface area contributed by atoms with Gasteiger partial charge in [0.2, 0.25) is 5.95 Å². The number of allylic oxidation sites excluding steroid dienone is 1. The summed E-state index contributed by atoms with van der Waals surface area (Å²) in [5, 5.41) is 10.5. The van der Waals surface area contributed by atoms with Gasteiger partial charge in [0.05, 0.1) is 19.8 Å². The Morgan fingerprint density at radius 2 is 1.93 bits per heavy atom. The van der Waals surface area contributed by atoms with Crippen LogP contribution in [0.15, 0.2) is 64.5 Å². The molecule has 30 heavy (non-hydrogen) atoms. The standard InChI is InChI=1S/C21H20BrN5O3/c1-12-18(20(28)26-14-5-7-15(29-2)8-6-14)19(27-21(25-12)23-11-24-27)16-10-13(22)4-9-17(16)30-3/h4-11,19H,1-3H3,(H,26,28)(H,23,24,25)/t19-/m0/s1. The van der Waals surface area contributed by atoms with E-state index < -0.39 is 6.04 Å². The Kier molecular flexibility index (Phi) is 5.45. The third-order valence-corrected chi connectivity index (χ3v) is 5.37. The Morgan fingerprint density at radius 3 is 2.63 bits per heavy atom. The number of carbonyl (C=O) groups is 1. The topological polar surface area (TPSA) is 90.3 Å². The van der Waals surface area contributed by atoms with Crippen molar-refractivity contribution in [3.05, 3.63) is 70.1 Å². The van der Waals surface area contributed by atoms with Crippen molar-refractivity contribution in [3.63, 3.8) is 0 Å². The lowest BCUT2D eigenvalue weighted by molar-refractivity contribution is -0.113. The van der Waals surface area contributed by atoms with Gasteiger partial charge in [-0.2, -0.15) is 10.1 Å². The zero-order chi connectivity index (χ0) is 21.3. The second-order valence-electron chi connectivity index (χ2n) is 6.66. The van der Waals surface area contributed by atoms with Crippen molar-refractivity contribution >= 4 is 33.5 Å². The van der Waals surface area contributed by atoms with E-state index >= 15 is 0 Å². The van der Waals surface area contributed by atoms with Gasteiger partial charge in [-0.3, -0.25) is 4.79 Å². The predicted octanol–water partition coefficient (Wildman–Crippen LogP) is 3.99. The Hall–Kier alpha value is -3.33. The number of methoxy groups -OCH3 is 2. The quantitative estimate of drug-likeness (QED) is 0.587. The lowest BCUT2D eigenvalue weighted by Gasteiger charge is -2.29. The fraction of sp³-hybridized carbons (Fsp3) is 0.190. The summed E-state index contributed by atoms with van der Waals surface area (Å²) >= 11 is 3.52. The van der Waals surface area contributed by atoms with Crippen molar-refractivity contribution in [2.45, 2.75) is 13.0 Å². The fourth-order valence-corrected chi connectivity index (χ4v) is 3.84. The molecule has 154 valence electrons. The zero-order valence-corrected chi connectivity index (χ0v) is 18.2. The van der Waals surface area contributed by atoms with E-state index in [9.17, 15) is 4.79 Å². The maximum absolute atomic E-state index is 13.4. The van der Waals surface area contributed by atoms with Crippen molar-refractivity contribution in [2.24, 2.45) is 0 Å². The molecular weight excluding hydrogens is 450 g/mol. The zero-order valence-electron chi connectivity index (χ0n) is 16.6. The van der Waals surface area contributed by atoms with Gasteiger partial charge in [0.1, 0.15) is 23.9 Å². The monoisotopic (exact) mass is 469 g/mol. The number of ether oxygens (including phenoxy) is 2. The van der Waals surface area contributed by atoms with E-state index in [1.807, 2.05) is 25.1 Å². The SMILES string of the molecule is COc1ccc(NC(=O)C2=C(C)Nc3ncnn3[C@H]2c2cc(Br)ccc2OC)cc1. The van der Waals surface area contributed by atoms with Gasteiger partial charge in [0.15, 0.2) is 0 Å². The smallest absolute Gasteiger partial charge is 0.255 e. The molecule has 1 aliphatic heterocycles. The molecule has 0 aliphatic carbocycles. The number of anilines is 2. The van der Waals surface area contributed by atoms with E-state index in [0.717, 1.165) is 10.0 Å². The molecule has 9 heteroatoms. The van der Waals surface area contributed by atoms with Crippen LogP contribution in [0.3, 0.4) is 0 Å². The highest BCUT2D eigenvalue weighted by Crippen LogP contribution is 2.40. The lowest BCUT2D eigenvalue weighted by Crippen LogP contribution is -2.31. The molecule has 0 spiro atoms. The maximum atomic E-state index is 13.4. The van der Waals surface area contributed by atoms with Gasteiger partial charge in [-0.05, 0) is 49.4 Å². The van der Waals surface area contributed by atoms with Crippen molar-refractivity contribution in [1.29, 1.82) is 0 Å². The maximum Gasteiger partial charge on any atom is 0.255 e. The van der Waals surface area contributed by atoms with Gasteiger partial charge in [0, 0.05) is 21.4 Å². The fourth-order valence-electron chi connectivity index (χ4n) is 3.46. The normalized spacial score (nSPS) is 15.3. The van der Waals surface area contributed by atoms with Gasteiger partial charge in [-0.1, -0.05) is 15.9 Å². The highest BCUT2D eigenvalue weighted by molar-refractivity contribution is 9.10. The third-order valence-electron chi connectivity index (χ3n) is 4.87. The molecule has 2 aromatic carbocycles. The number of hydrogen-bond donors (Lipinski definition) is 2. The van der Waals surface area contributed by atoms with Gasteiger partial charge < -0.3 is 20.1 Å². The van der Waals surface area contributed by atoms with E-state index in [1.165, 1.54) is 6.33 Å². The van der Waals surface area contributed by atoms with Crippen molar-refractivity contribution in [2.75, 3.05) is 24.9 Å². The number of nitrogens with zero attached hydrogens (tertiary/aromatic N) is 3. The highest BCUT2D eigenvalue weighted by Gasteiger charge is 2.35. The van der Waals surface area contributed by atoms with E-state index in [0.29, 0.717) is 34.4 Å². The van der Waals surface area contributed by atoms with E-state index in [2.05, 4.69) is 36.6 Å². The van der Waals surface area contributed by atoms with E-state index in [1.54, 1.807) is 43.2 Å². The molecule has 4 rings (SSSR count). The third kappa shape index (κ3) is 3.63. The van der Waals surface area contributed by atoms with Crippen LogP contribution in [-0.4, -0.2) is 34.9 Å². The number of aromatic nitrogens is 3. The average Bonchev–Trinajstić information content (AvgIpc) is 3.21. The summed E-state index contributed by atoms with van der Waals surface area (Å²) in [6.07, 6.45) is 1.46. The van der Waals surface area contributed by atoms with E-state index in [-0.39, 0.29) is 5.91 Å². The summed E-state index contributed by atoms with van der Waals surface area (Å²) in [4.78, 5) is 17.6. The number of halogens is 1. The first-order chi connectivity index (χ1) is 14.5. The Bertz CT molecular complexity index is 1120. The largest absolute Gasteiger partial charge is 0.497 e. The molecule has 0 saturated carbocycles. The molecule has 2 N–H and O–H groups in total. The number of hydrogen-bond acceptors (Lipinski definition) is 6. The number of amides is 1. The van der Waals surface area contributed by atoms with Crippen molar-refractivity contribution < 1.29 is 14.3 Å². The van der Waals surface area contributed by atoms with Crippen LogP contribution in [0.5, 0.6) is 11.5 Å². The van der Waals surface area contributed by atoms with Crippen LogP contribution in [0.1, 0.15) is 18.5 Å².